The summed E-state index contributed by atoms with van der Waals surface area (Å²) in [5.41, 5.74) is 6.27. The van der Waals surface area contributed by atoms with E-state index in [1.165, 1.54) is 82.1 Å². The van der Waals surface area contributed by atoms with Crippen molar-refractivity contribution in [3.63, 3.8) is 0 Å². The molecule has 1 fully saturated rings. The van der Waals surface area contributed by atoms with Gasteiger partial charge in [-0.15, -0.1) is 0 Å². The van der Waals surface area contributed by atoms with Crippen molar-refractivity contribution in [2.24, 2.45) is 5.92 Å². The lowest BCUT2D eigenvalue weighted by Crippen LogP contribution is -2.37. The Kier molecular flexibility index (Phi) is 9.15. The van der Waals surface area contributed by atoms with E-state index in [2.05, 4.69) is 83.3 Å². The number of likely N-dealkylation sites (tertiary alicyclic amines) is 1. The summed E-state index contributed by atoms with van der Waals surface area (Å²) in [5, 5.41) is 3.76. The number of nitrogens with one attached hydrogen (secondary N) is 1. The van der Waals surface area contributed by atoms with Crippen molar-refractivity contribution in [3.05, 3.63) is 102 Å². The molecule has 1 N–H and O–H groups in total. The van der Waals surface area contributed by atoms with E-state index in [0.29, 0.717) is 5.92 Å². The normalized spacial score (nSPS) is 17.9. The molecule has 180 valence electrons. The fraction of sp³-hybridized carbons (Fsp3) is 0.452. The van der Waals surface area contributed by atoms with Gasteiger partial charge in [0.15, 0.2) is 0 Å². The fourth-order valence-corrected chi connectivity index (χ4v) is 5.14. The van der Waals surface area contributed by atoms with E-state index in [4.69, 9.17) is 0 Å². The van der Waals surface area contributed by atoms with Gasteiger partial charge in [-0.3, -0.25) is 4.98 Å². The molecule has 0 bridgehead atoms. The number of nitrogens with zero attached hydrogens (tertiary/aromatic N) is 2. The number of unbranched alkanes of at least 4 members (excludes halogenated alkanes) is 2. The van der Waals surface area contributed by atoms with Crippen molar-refractivity contribution in [1.29, 1.82) is 0 Å². The number of allylic oxidation sites excluding steroid dienone is 5. The van der Waals surface area contributed by atoms with Crippen LogP contribution in [0.5, 0.6) is 0 Å². The van der Waals surface area contributed by atoms with Crippen LogP contribution in [0.4, 0.5) is 0 Å². The second-order valence-electron chi connectivity index (χ2n) is 9.95. The molecule has 3 heteroatoms. The van der Waals surface area contributed by atoms with E-state index in [1.54, 1.807) is 5.57 Å². The summed E-state index contributed by atoms with van der Waals surface area (Å²) in [6.45, 7) is 10.2. The number of rotatable bonds is 11. The molecule has 34 heavy (non-hydrogen) atoms. The van der Waals surface area contributed by atoms with Gasteiger partial charge in [0.2, 0.25) is 0 Å². The fourth-order valence-electron chi connectivity index (χ4n) is 5.14. The Labute approximate surface area is 206 Å². The Balaban J connectivity index is 1.22. The average molecular weight is 456 g/mol. The number of aryl methyl sites for hydroxylation is 1. The molecule has 2 heterocycles. The van der Waals surface area contributed by atoms with Gasteiger partial charge in [-0.1, -0.05) is 72.7 Å². The standard InChI is InChI=1S/C31H41N3/c1-25-15-17-29(18-16-25)31(30-14-8-9-21-32-30)33-26(2)28-19-23-34(24-20-28)22-10-4-7-13-27-11-5-3-6-12-27/h5,8-9,11-12,14-18,21,28,31,33H,2-4,6-7,10,13,19-20,22-24H2,1H3. The Bertz CT molecular complexity index is 950. The third-order valence-corrected chi connectivity index (χ3v) is 7.32. The molecule has 1 aliphatic carbocycles. The van der Waals surface area contributed by atoms with Crippen LogP contribution in [0.15, 0.2) is 84.7 Å². The largest absolute Gasteiger partial charge is 0.376 e. The topological polar surface area (TPSA) is 28.2 Å². The van der Waals surface area contributed by atoms with Crippen molar-refractivity contribution in [2.75, 3.05) is 19.6 Å². The smallest absolute Gasteiger partial charge is 0.0937 e. The van der Waals surface area contributed by atoms with Crippen molar-refractivity contribution in [1.82, 2.24) is 15.2 Å². The zero-order valence-corrected chi connectivity index (χ0v) is 20.9. The van der Waals surface area contributed by atoms with Gasteiger partial charge in [-0.2, -0.15) is 0 Å². The Morgan fingerprint density at radius 1 is 1.06 bits per heavy atom. The van der Waals surface area contributed by atoms with E-state index in [1.807, 2.05) is 12.3 Å². The van der Waals surface area contributed by atoms with Crippen LogP contribution in [0.2, 0.25) is 0 Å². The number of pyridine rings is 1. The Morgan fingerprint density at radius 3 is 2.59 bits per heavy atom. The molecule has 3 nitrogen and oxygen atoms in total. The third kappa shape index (κ3) is 7.17. The maximum atomic E-state index is 4.65. The molecule has 1 aromatic carbocycles. The van der Waals surface area contributed by atoms with E-state index in [9.17, 15) is 0 Å². The molecule has 1 aliphatic heterocycles. The van der Waals surface area contributed by atoms with Crippen LogP contribution in [0.1, 0.15) is 74.2 Å². The SMILES string of the molecule is C=C(NC(c1ccc(C)cc1)c1ccccn1)C1CCN(CCCCCC2=CCCC=C2)CC1. The predicted molar refractivity (Wildman–Crippen MR) is 144 cm³/mol. The highest BCUT2D eigenvalue weighted by Crippen LogP contribution is 2.28. The van der Waals surface area contributed by atoms with Gasteiger partial charge in [-0.25, -0.2) is 0 Å². The molecule has 0 amide bonds. The molecular weight excluding hydrogens is 414 g/mol. The first kappa shape index (κ1) is 24.5. The number of benzene rings is 1. The summed E-state index contributed by atoms with van der Waals surface area (Å²) in [6, 6.07) is 15.0. The van der Waals surface area contributed by atoms with E-state index in [-0.39, 0.29) is 6.04 Å². The lowest BCUT2D eigenvalue weighted by molar-refractivity contribution is 0.191. The zero-order valence-electron chi connectivity index (χ0n) is 20.9. The van der Waals surface area contributed by atoms with Crippen LogP contribution in [0.25, 0.3) is 0 Å². The number of hydrogen-bond donors (Lipinski definition) is 1. The zero-order chi connectivity index (χ0) is 23.6. The highest BCUT2D eigenvalue weighted by Gasteiger charge is 2.24. The van der Waals surface area contributed by atoms with Gasteiger partial charge in [0.1, 0.15) is 0 Å². The lowest BCUT2D eigenvalue weighted by Gasteiger charge is -2.34. The summed E-state index contributed by atoms with van der Waals surface area (Å²) >= 11 is 0. The molecule has 1 atom stereocenters. The summed E-state index contributed by atoms with van der Waals surface area (Å²) in [5.74, 6) is 0.526. The van der Waals surface area contributed by atoms with Crippen LogP contribution in [-0.2, 0) is 0 Å². The second kappa shape index (κ2) is 12.7. The maximum Gasteiger partial charge on any atom is 0.0937 e. The molecular formula is C31H41N3. The number of piperidine rings is 1. The maximum absolute atomic E-state index is 4.65. The quantitative estimate of drug-likeness (QED) is 0.365. The van der Waals surface area contributed by atoms with Gasteiger partial charge >= 0.3 is 0 Å². The van der Waals surface area contributed by atoms with Crippen molar-refractivity contribution in [2.45, 2.75) is 64.3 Å². The van der Waals surface area contributed by atoms with Crippen LogP contribution in [0.3, 0.4) is 0 Å². The van der Waals surface area contributed by atoms with Gasteiger partial charge in [-0.05, 0) is 89.2 Å². The summed E-state index contributed by atoms with van der Waals surface area (Å²) in [4.78, 5) is 7.30. The summed E-state index contributed by atoms with van der Waals surface area (Å²) < 4.78 is 0. The number of hydrogen-bond acceptors (Lipinski definition) is 3. The molecule has 2 aliphatic rings. The van der Waals surface area contributed by atoms with E-state index in [0.717, 1.165) is 11.4 Å². The Morgan fingerprint density at radius 2 is 1.88 bits per heavy atom. The minimum absolute atomic E-state index is 0.0430. The Hall–Kier alpha value is -2.65. The van der Waals surface area contributed by atoms with E-state index >= 15 is 0 Å². The van der Waals surface area contributed by atoms with Crippen LogP contribution in [-0.4, -0.2) is 29.5 Å². The van der Waals surface area contributed by atoms with Gasteiger partial charge in [0, 0.05) is 17.8 Å². The van der Waals surface area contributed by atoms with Gasteiger partial charge in [0.25, 0.3) is 0 Å². The molecule has 1 saturated heterocycles. The van der Waals surface area contributed by atoms with Gasteiger partial charge in [0.05, 0.1) is 11.7 Å². The monoisotopic (exact) mass is 455 g/mol. The van der Waals surface area contributed by atoms with Crippen molar-refractivity contribution >= 4 is 0 Å². The summed E-state index contributed by atoms with van der Waals surface area (Å²) in [6.07, 6.45) is 19.0. The highest BCUT2D eigenvalue weighted by molar-refractivity contribution is 5.31. The van der Waals surface area contributed by atoms with Crippen molar-refractivity contribution in [3.8, 4) is 0 Å². The van der Waals surface area contributed by atoms with Crippen LogP contribution in [0, 0.1) is 12.8 Å². The molecule has 1 aromatic heterocycles. The second-order valence-corrected chi connectivity index (χ2v) is 9.95. The van der Waals surface area contributed by atoms with E-state index < -0.39 is 0 Å². The first-order chi connectivity index (χ1) is 16.7. The minimum Gasteiger partial charge on any atom is -0.376 e. The summed E-state index contributed by atoms with van der Waals surface area (Å²) in [7, 11) is 0. The average Bonchev–Trinajstić information content (AvgIpc) is 2.89. The van der Waals surface area contributed by atoms with Crippen LogP contribution >= 0.6 is 0 Å². The molecule has 0 radical (unpaired) electrons. The molecule has 1 unspecified atom stereocenters. The lowest BCUT2D eigenvalue weighted by atomic mass is 9.92. The number of aromatic nitrogens is 1. The van der Waals surface area contributed by atoms with Crippen LogP contribution < -0.4 is 5.32 Å². The van der Waals surface area contributed by atoms with Crippen molar-refractivity contribution < 1.29 is 0 Å². The first-order valence-electron chi connectivity index (χ1n) is 13.2. The predicted octanol–water partition coefficient (Wildman–Crippen LogP) is 7.13. The highest BCUT2D eigenvalue weighted by atomic mass is 15.1. The molecule has 0 spiro atoms. The third-order valence-electron chi connectivity index (χ3n) is 7.32. The molecule has 0 saturated carbocycles. The minimum atomic E-state index is 0.0430. The first-order valence-corrected chi connectivity index (χ1v) is 13.2. The molecule has 2 aromatic rings. The molecule has 4 rings (SSSR count). The van der Waals surface area contributed by atoms with Gasteiger partial charge < -0.3 is 10.2 Å².